The molecule has 4 nitrogen and oxygen atoms in total. The summed E-state index contributed by atoms with van der Waals surface area (Å²) in [7, 11) is 0. The van der Waals surface area contributed by atoms with Crippen LogP contribution in [0.15, 0.2) is 36.4 Å². The highest BCUT2D eigenvalue weighted by molar-refractivity contribution is 6.27. The number of para-hydroxylation sites is 1. The van der Waals surface area contributed by atoms with Gasteiger partial charge in [-0.3, -0.25) is 4.79 Å². The number of aromatic nitrogens is 1. The molecule has 1 aliphatic heterocycles. The summed E-state index contributed by atoms with van der Waals surface area (Å²) in [6.45, 7) is 1.28. The van der Waals surface area contributed by atoms with Gasteiger partial charge in [-0.1, -0.05) is 18.2 Å². The second-order valence-corrected chi connectivity index (χ2v) is 5.11. The molecule has 1 saturated heterocycles. The maximum atomic E-state index is 11.5. The Morgan fingerprint density at radius 2 is 2.20 bits per heavy atom. The molecule has 1 aliphatic rings. The molecule has 5 heteroatoms. The molecule has 104 valence electrons. The predicted molar refractivity (Wildman–Crippen MR) is 78.1 cm³/mol. The van der Waals surface area contributed by atoms with Crippen molar-refractivity contribution in [3.63, 3.8) is 0 Å². The number of benzene rings is 1. The molecule has 0 saturated carbocycles. The van der Waals surface area contributed by atoms with Gasteiger partial charge in [-0.2, -0.15) is 0 Å². The lowest BCUT2D eigenvalue weighted by molar-refractivity contribution is -0.127. The summed E-state index contributed by atoms with van der Waals surface area (Å²) in [5, 5.41) is 1.09. The van der Waals surface area contributed by atoms with Gasteiger partial charge in [0.2, 0.25) is 11.8 Å². The fourth-order valence-electron chi connectivity index (χ4n) is 2.42. The Hall–Kier alpha value is -1.81. The fourth-order valence-corrected chi connectivity index (χ4v) is 2.59. The van der Waals surface area contributed by atoms with E-state index >= 15 is 0 Å². The lowest BCUT2D eigenvalue weighted by Gasteiger charge is -2.15. The summed E-state index contributed by atoms with van der Waals surface area (Å²) in [5.41, 5.74) is 0.914. The Morgan fingerprint density at radius 3 is 3.05 bits per heavy atom. The van der Waals surface area contributed by atoms with E-state index in [-0.39, 0.29) is 17.9 Å². The van der Waals surface area contributed by atoms with E-state index in [9.17, 15) is 4.79 Å². The maximum absolute atomic E-state index is 11.5. The first kappa shape index (κ1) is 13.2. The highest BCUT2D eigenvalue weighted by atomic mass is 35.5. The number of carbonyl (C=O) groups excluding carboxylic acids is 1. The SMILES string of the molecule is O=C(CCl)N1CCC(Oc2ccc3ccccc3n2)C1. The monoisotopic (exact) mass is 290 g/mol. The number of pyridine rings is 1. The zero-order valence-corrected chi connectivity index (χ0v) is 11.7. The van der Waals surface area contributed by atoms with E-state index in [0.717, 1.165) is 17.3 Å². The molecule has 1 aromatic carbocycles. The van der Waals surface area contributed by atoms with Crippen molar-refractivity contribution in [2.45, 2.75) is 12.5 Å². The molecule has 0 N–H and O–H groups in total. The quantitative estimate of drug-likeness (QED) is 0.816. The van der Waals surface area contributed by atoms with Crippen molar-refractivity contribution in [3.05, 3.63) is 36.4 Å². The molecule has 1 atom stereocenters. The number of rotatable bonds is 3. The standard InChI is InChI=1S/C15H15ClN2O2/c16-9-15(19)18-8-7-12(10-18)20-14-6-5-11-3-1-2-4-13(11)17-14/h1-6,12H,7-10H2. The normalized spacial score (nSPS) is 18.4. The van der Waals surface area contributed by atoms with Crippen molar-refractivity contribution in [2.24, 2.45) is 0 Å². The van der Waals surface area contributed by atoms with Gasteiger partial charge in [-0.05, 0) is 12.1 Å². The Morgan fingerprint density at radius 1 is 1.35 bits per heavy atom. The molecule has 1 fully saturated rings. The number of nitrogens with zero attached hydrogens (tertiary/aromatic N) is 2. The molecule has 0 spiro atoms. The predicted octanol–water partition coefficient (Wildman–Crippen LogP) is 2.45. The van der Waals surface area contributed by atoms with E-state index in [1.165, 1.54) is 0 Å². The van der Waals surface area contributed by atoms with Crippen LogP contribution in [0, 0.1) is 0 Å². The average Bonchev–Trinajstić information content (AvgIpc) is 2.95. The highest BCUT2D eigenvalue weighted by Gasteiger charge is 2.27. The van der Waals surface area contributed by atoms with Crippen molar-refractivity contribution in [2.75, 3.05) is 19.0 Å². The van der Waals surface area contributed by atoms with Gasteiger partial charge in [0, 0.05) is 24.4 Å². The van der Waals surface area contributed by atoms with Gasteiger partial charge in [-0.25, -0.2) is 4.98 Å². The van der Waals surface area contributed by atoms with E-state index in [1.807, 2.05) is 36.4 Å². The second kappa shape index (κ2) is 5.67. The van der Waals surface area contributed by atoms with Crippen LogP contribution in [-0.2, 0) is 4.79 Å². The van der Waals surface area contributed by atoms with E-state index in [2.05, 4.69) is 4.98 Å². The summed E-state index contributed by atoms with van der Waals surface area (Å²) in [4.78, 5) is 17.7. The third-order valence-corrected chi connectivity index (χ3v) is 3.70. The van der Waals surface area contributed by atoms with Crippen LogP contribution in [0.5, 0.6) is 5.88 Å². The topological polar surface area (TPSA) is 42.4 Å². The van der Waals surface area contributed by atoms with Crippen molar-refractivity contribution in [1.82, 2.24) is 9.88 Å². The number of halogens is 1. The first-order chi connectivity index (χ1) is 9.76. The number of hydrogen-bond donors (Lipinski definition) is 0. The van der Waals surface area contributed by atoms with Crippen LogP contribution < -0.4 is 4.74 Å². The summed E-state index contributed by atoms with van der Waals surface area (Å²) in [6, 6.07) is 11.8. The van der Waals surface area contributed by atoms with Crippen molar-refractivity contribution >= 4 is 28.4 Å². The smallest absolute Gasteiger partial charge is 0.237 e. The Balaban J connectivity index is 1.69. The van der Waals surface area contributed by atoms with E-state index in [1.54, 1.807) is 4.90 Å². The summed E-state index contributed by atoms with van der Waals surface area (Å²) in [6.07, 6.45) is 0.813. The summed E-state index contributed by atoms with van der Waals surface area (Å²) in [5.74, 6) is 0.596. The highest BCUT2D eigenvalue weighted by Crippen LogP contribution is 2.20. The number of carbonyl (C=O) groups is 1. The number of fused-ring (bicyclic) bond motifs is 1. The molecule has 0 radical (unpaired) electrons. The minimum atomic E-state index is -0.0377. The zero-order valence-electron chi connectivity index (χ0n) is 11.0. The molecular formula is C15H15ClN2O2. The number of hydrogen-bond acceptors (Lipinski definition) is 3. The van der Waals surface area contributed by atoms with Crippen molar-refractivity contribution < 1.29 is 9.53 Å². The first-order valence-corrected chi connectivity index (χ1v) is 7.16. The van der Waals surface area contributed by atoms with Gasteiger partial charge in [-0.15, -0.1) is 11.6 Å². The van der Waals surface area contributed by atoms with Gasteiger partial charge in [0.1, 0.15) is 12.0 Å². The molecule has 1 aromatic heterocycles. The van der Waals surface area contributed by atoms with E-state index in [0.29, 0.717) is 19.0 Å². The summed E-state index contributed by atoms with van der Waals surface area (Å²) >= 11 is 5.56. The molecule has 1 unspecified atom stereocenters. The Kier molecular flexibility index (Phi) is 3.74. The van der Waals surface area contributed by atoms with Gasteiger partial charge < -0.3 is 9.64 Å². The first-order valence-electron chi connectivity index (χ1n) is 6.62. The molecule has 3 rings (SSSR count). The maximum Gasteiger partial charge on any atom is 0.237 e. The van der Waals surface area contributed by atoms with Gasteiger partial charge in [0.15, 0.2) is 0 Å². The third kappa shape index (κ3) is 2.70. The molecule has 0 aliphatic carbocycles. The molecule has 2 heterocycles. The van der Waals surface area contributed by atoms with Gasteiger partial charge in [0.25, 0.3) is 0 Å². The van der Waals surface area contributed by atoms with Crippen molar-refractivity contribution in [1.29, 1.82) is 0 Å². The summed E-state index contributed by atoms with van der Waals surface area (Å²) < 4.78 is 5.86. The average molecular weight is 291 g/mol. The Labute approximate surface area is 122 Å². The van der Waals surface area contributed by atoms with Gasteiger partial charge in [0.05, 0.1) is 12.1 Å². The van der Waals surface area contributed by atoms with E-state index in [4.69, 9.17) is 16.3 Å². The number of alkyl halides is 1. The van der Waals surface area contributed by atoms with Crippen LogP contribution in [-0.4, -0.2) is 40.9 Å². The van der Waals surface area contributed by atoms with Crippen LogP contribution >= 0.6 is 11.6 Å². The van der Waals surface area contributed by atoms with Crippen LogP contribution in [0.2, 0.25) is 0 Å². The van der Waals surface area contributed by atoms with Crippen LogP contribution in [0.1, 0.15) is 6.42 Å². The molecule has 1 amide bonds. The largest absolute Gasteiger partial charge is 0.472 e. The van der Waals surface area contributed by atoms with Crippen LogP contribution in [0.25, 0.3) is 10.9 Å². The van der Waals surface area contributed by atoms with Gasteiger partial charge >= 0.3 is 0 Å². The number of amides is 1. The molecule has 20 heavy (non-hydrogen) atoms. The third-order valence-electron chi connectivity index (χ3n) is 3.47. The minimum Gasteiger partial charge on any atom is -0.472 e. The molecule has 2 aromatic rings. The van der Waals surface area contributed by atoms with Crippen LogP contribution in [0.4, 0.5) is 0 Å². The molecule has 0 bridgehead atoms. The number of ether oxygens (including phenoxy) is 1. The zero-order chi connectivity index (χ0) is 13.9. The molecular weight excluding hydrogens is 276 g/mol. The fraction of sp³-hybridized carbons (Fsp3) is 0.333. The van der Waals surface area contributed by atoms with Crippen molar-refractivity contribution in [3.8, 4) is 5.88 Å². The lowest BCUT2D eigenvalue weighted by atomic mass is 10.2. The number of likely N-dealkylation sites (tertiary alicyclic amines) is 1. The van der Waals surface area contributed by atoms with E-state index < -0.39 is 0 Å². The Bertz CT molecular complexity index is 632. The minimum absolute atomic E-state index is 0.00386. The lowest BCUT2D eigenvalue weighted by Crippen LogP contribution is -2.31. The van der Waals surface area contributed by atoms with Crippen LogP contribution in [0.3, 0.4) is 0 Å². The second-order valence-electron chi connectivity index (χ2n) is 4.84.